The van der Waals surface area contributed by atoms with Gasteiger partial charge in [0.05, 0.1) is 0 Å². The summed E-state index contributed by atoms with van der Waals surface area (Å²) < 4.78 is 6.35. The Morgan fingerprint density at radius 2 is 2.15 bits per heavy atom. The van der Waals surface area contributed by atoms with Gasteiger partial charge in [0.25, 0.3) is 0 Å². The van der Waals surface area contributed by atoms with Crippen LogP contribution >= 0.6 is 15.9 Å². The number of hydrogen-bond donors (Lipinski definition) is 2. The first kappa shape index (κ1) is 14.7. The van der Waals surface area contributed by atoms with Gasteiger partial charge in [0, 0.05) is 22.8 Å². The van der Waals surface area contributed by atoms with Crippen LogP contribution in [0.25, 0.3) is 0 Å². The van der Waals surface area contributed by atoms with Gasteiger partial charge in [0.2, 0.25) is 0 Å². The lowest BCUT2D eigenvalue weighted by molar-refractivity contribution is 0.128. The Morgan fingerprint density at radius 3 is 2.90 bits per heavy atom. The molecule has 0 fully saturated rings. The van der Waals surface area contributed by atoms with Crippen molar-refractivity contribution in [3.05, 3.63) is 40.1 Å². The number of nitrogen functional groups attached to an aromatic ring is 1. The van der Waals surface area contributed by atoms with Gasteiger partial charge in [0.15, 0.2) is 5.82 Å². The third-order valence-electron chi connectivity index (χ3n) is 2.76. The lowest BCUT2D eigenvalue weighted by Gasteiger charge is -2.11. The molecule has 1 aromatic carbocycles. The maximum Gasteiger partial charge on any atom is 0.158 e. The van der Waals surface area contributed by atoms with Gasteiger partial charge in [-0.2, -0.15) is 0 Å². The molecular weight excluding hydrogens is 320 g/mol. The van der Waals surface area contributed by atoms with Crippen LogP contribution in [0, 0.1) is 6.92 Å². The van der Waals surface area contributed by atoms with Gasteiger partial charge < -0.3 is 15.8 Å². The van der Waals surface area contributed by atoms with Crippen molar-refractivity contribution in [2.45, 2.75) is 20.5 Å². The molecule has 20 heavy (non-hydrogen) atoms. The number of nitrogens with one attached hydrogen (secondary N) is 1. The van der Waals surface area contributed by atoms with Crippen LogP contribution in [0.5, 0.6) is 0 Å². The molecule has 0 aliphatic carbocycles. The molecule has 0 aliphatic rings. The van der Waals surface area contributed by atoms with E-state index in [4.69, 9.17) is 10.5 Å². The summed E-state index contributed by atoms with van der Waals surface area (Å²) in [5.74, 6) is 1.65. The van der Waals surface area contributed by atoms with Gasteiger partial charge in [-0.1, -0.05) is 22.0 Å². The Labute approximate surface area is 126 Å². The number of rotatable bonds is 5. The van der Waals surface area contributed by atoms with Crippen molar-refractivity contribution in [2.24, 2.45) is 0 Å². The minimum atomic E-state index is 0.355. The van der Waals surface area contributed by atoms with E-state index < -0.39 is 0 Å². The number of anilines is 3. The second kappa shape index (κ2) is 6.67. The molecule has 0 unspecified atom stereocenters. The van der Waals surface area contributed by atoms with E-state index in [1.54, 1.807) is 6.07 Å². The molecule has 2 rings (SSSR count). The summed E-state index contributed by atoms with van der Waals surface area (Å²) in [6.07, 6.45) is 0. The minimum absolute atomic E-state index is 0.355. The van der Waals surface area contributed by atoms with Crippen LogP contribution in [0.1, 0.15) is 18.3 Å². The van der Waals surface area contributed by atoms with Crippen LogP contribution < -0.4 is 11.1 Å². The van der Waals surface area contributed by atoms with E-state index in [9.17, 15) is 0 Å². The predicted octanol–water partition coefficient (Wildman–Crippen LogP) is 3.41. The van der Waals surface area contributed by atoms with Crippen LogP contribution in [0.2, 0.25) is 0 Å². The van der Waals surface area contributed by atoms with Gasteiger partial charge in [-0.15, -0.1) is 0 Å². The standard InChI is InChI=1S/C14H17BrN4O/c1-3-20-8-14-18-12(16)7-13(19-14)17-11-6-4-5-10(15)9(11)2/h4-7H,3,8H2,1-2H3,(H3,16,17,18,19). The fourth-order valence-electron chi connectivity index (χ4n) is 1.72. The second-order valence-corrected chi connectivity index (χ2v) is 5.12. The van der Waals surface area contributed by atoms with Crippen molar-refractivity contribution in [1.82, 2.24) is 9.97 Å². The van der Waals surface area contributed by atoms with Crippen molar-refractivity contribution in [3.63, 3.8) is 0 Å². The highest BCUT2D eigenvalue weighted by Gasteiger charge is 2.06. The molecule has 0 spiro atoms. The number of aromatic nitrogens is 2. The first-order valence-corrected chi connectivity index (χ1v) is 7.12. The number of nitrogens with two attached hydrogens (primary N) is 1. The van der Waals surface area contributed by atoms with Crippen LogP contribution in [0.3, 0.4) is 0 Å². The molecule has 0 bridgehead atoms. The van der Waals surface area contributed by atoms with E-state index in [-0.39, 0.29) is 0 Å². The lowest BCUT2D eigenvalue weighted by atomic mass is 10.2. The topological polar surface area (TPSA) is 73.1 Å². The number of halogens is 1. The summed E-state index contributed by atoms with van der Waals surface area (Å²) in [5, 5.41) is 3.25. The lowest BCUT2D eigenvalue weighted by Crippen LogP contribution is -2.05. The van der Waals surface area contributed by atoms with Gasteiger partial charge in [-0.3, -0.25) is 0 Å². The third-order valence-corrected chi connectivity index (χ3v) is 3.62. The average Bonchev–Trinajstić information content (AvgIpc) is 2.41. The van der Waals surface area contributed by atoms with Gasteiger partial charge >= 0.3 is 0 Å². The largest absolute Gasteiger partial charge is 0.384 e. The van der Waals surface area contributed by atoms with E-state index in [1.807, 2.05) is 32.0 Å². The van der Waals surface area contributed by atoms with Crippen molar-refractivity contribution >= 4 is 33.3 Å². The Bertz CT molecular complexity index is 604. The predicted molar refractivity (Wildman–Crippen MR) is 83.9 cm³/mol. The first-order valence-electron chi connectivity index (χ1n) is 6.33. The molecule has 0 amide bonds. The summed E-state index contributed by atoms with van der Waals surface area (Å²) in [5.41, 5.74) is 7.88. The molecule has 0 radical (unpaired) electrons. The van der Waals surface area contributed by atoms with E-state index in [2.05, 4.69) is 31.2 Å². The summed E-state index contributed by atoms with van der Waals surface area (Å²) in [7, 11) is 0. The third kappa shape index (κ3) is 3.68. The monoisotopic (exact) mass is 336 g/mol. The molecule has 106 valence electrons. The van der Waals surface area contributed by atoms with Gasteiger partial charge in [0.1, 0.15) is 18.2 Å². The zero-order chi connectivity index (χ0) is 14.5. The van der Waals surface area contributed by atoms with Crippen molar-refractivity contribution in [1.29, 1.82) is 0 Å². The van der Waals surface area contributed by atoms with E-state index in [1.165, 1.54) is 0 Å². The molecule has 0 saturated heterocycles. The highest BCUT2D eigenvalue weighted by molar-refractivity contribution is 9.10. The summed E-state index contributed by atoms with van der Waals surface area (Å²) in [6, 6.07) is 7.65. The highest BCUT2D eigenvalue weighted by Crippen LogP contribution is 2.26. The molecule has 1 heterocycles. The second-order valence-electron chi connectivity index (χ2n) is 4.27. The maximum absolute atomic E-state index is 5.80. The number of nitrogens with zero attached hydrogens (tertiary/aromatic N) is 2. The number of hydrogen-bond acceptors (Lipinski definition) is 5. The summed E-state index contributed by atoms with van der Waals surface area (Å²) >= 11 is 3.51. The molecular formula is C14H17BrN4O. The molecule has 2 aromatic rings. The molecule has 0 aliphatic heterocycles. The quantitative estimate of drug-likeness (QED) is 0.875. The van der Waals surface area contributed by atoms with Crippen molar-refractivity contribution < 1.29 is 4.74 Å². The van der Waals surface area contributed by atoms with Gasteiger partial charge in [-0.25, -0.2) is 9.97 Å². The van der Waals surface area contributed by atoms with Crippen LogP contribution in [-0.2, 0) is 11.3 Å². The Morgan fingerprint density at radius 1 is 1.35 bits per heavy atom. The minimum Gasteiger partial charge on any atom is -0.384 e. The van der Waals surface area contributed by atoms with Gasteiger partial charge in [-0.05, 0) is 31.5 Å². The van der Waals surface area contributed by atoms with E-state index in [0.29, 0.717) is 30.7 Å². The summed E-state index contributed by atoms with van der Waals surface area (Å²) in [4.78, 5) is 8.54. The Kier molecular flexibility index (Phi) is 4.92. The Hall–Kier alpha value is -1.66. The van der Waals surface area contributed by atoms with Crippen molar-refractivity contribution in [2.75, 3.05) is 17.7 Å². The van der Waals surface area contributed by atoms with E-state index >= 15 is 0 Å². The SMILES string of the molecule is CCOCc1nc(N)cc(Nc2cccc(Br)c2C)n1. The molecule has 1 aromatic heterocycles. The number of ether oxygens (including phenoxy) is 1. The zero-order valence-corrected chi connectivity index (χ0v) is 13.1. The molecule has 0 saturated carbocycles. The molecule has 3 N–H and O–H groups in total. The van der Waals surface area contributed by atoms with Crippen LogP contribution in [-0.4, -0.2) is 16.6 Å². The Balaban J connectivity index is 2.24. The number of benzene rings is 1. The first-order chi connectivity index (χ1) is 9.60. The van der Waals surface area contributed by atoms with Crippen LogP contribution in [0.15, 0.2) is 28.7 Å². The maximum atomic E-state index is 5.80. The fourth-order valence-corrected chi connectivity index (χ4v) is 2.09. The van der Waals surface area contributed by atoms with Crippen LogP contribution in [0.4, 0.5) is 17.3 Å². The molecule has 5 nitrogen and oxygen atoms in total. The smallest absolute Gasteiger partial charge is 0.158 e. The molecule has 6 heteroatoms. The molecule has 0 atom stereocenters. The normalized spacial score (nSPS) is 10.6. The van der Waals surface area contributed by atoms with Crippen molar-refractivity contribution in [3.8, 4) is 0 Å². The fraction of sp³-hybridized carbons (Fsp3) is 0.286. The average molecular weight is 337 g/mol. The highest BCUT2D eigenvalue weighted by atomic mass is 79.9. The van der Waals surface area contributed by atoms with E-state index in [0.717, 1.165) is 15.7 Å². The summed E-state index contributed by atoms with van der Waals surface area (Å²) in [6.45, 7) is 4.92. The zero-order valence-electron chi connectivity index (χ0n) is 11.5.